The van der Waals surface area contributed by atoms with Gasteiger partial charge >= 0.3 is 5.97 Å². The molecule has 2 unspecified atom stereocenters. The van der Waals surface area contributed by atoms with Crippen LogP contribution in [0.15, 0.2) is 40.5 Å². The predicted octanol–water partition coefficient (Wildman–Crippen LogP) is 3.58. The molecule has 0 bridgehead atoms. The van der Waals surface area contributed by atoms with Crippen molar-refractivity contribution in [3.8, 4) is 6.07 Å². The number of ether oxygens (including phenoxy) is 1. The number of nitrogens with one attached hydrogen (secondary N) is 2. The largest absolute Gasteiger partial charge is 0.461 e. The summed E-state index contributed by atoms with van der Waals surface area (Å²) < 4.78 is 5.51. The van der Waals surface area contributed by atoms with Crippen molar-refractivity contribution in [1.29, 1.82) is 5.26 Å². The van der Waals surface area contributed by atoms with Crippen molar-refractivity contribution in [2.24, 2.45) is 10.9 Å². The first-order valence-electron chi connectivity index (χ1n) is 10.7. The molecule has 0 amide bonds. The smallest absolute Gasteiger partial charge is 0.351 e. The Labute approximate surface area is 178 Å². The van der Waals surface area contributed by atoms with E-state index in [4.69, 9.17) is 9.73 Å². The molecule has 0 aromatic heterocycles. The Hall–Kier alpha value is -2.85. The topological polar surface area (TPSA) is 89.8 Å². The molecule has 2 atom stereocenters. The van der Waals surface area contributed by atoms with E-state index >= 15 is 0 Å². The lowest BCUT2D eigenvalue weighted by Crippen LogP contribution is -2.56. The Morgan fingerprint density at radius 2 is 1.93 bits per heavy atom. The summed E-state index contributed by atoms with van der Waals surface area (Å²) >= 11 is 0. The molecule has 1 aromatic carbocycles. The van der Waals surface area contributed by atoms with Gasteiger partial charge in [0.2, 0.25) is 0 Å². The van der Waals surface area contributed by atoms with Crippen LogP contribution in [0.3, 0.4) is 0 Å². The summed E-state index contributed by atoms with van der Waals surface area (Å²) in [5, 5.41) is 16.7. The van der Waals surface area contributed by atoms with E-state index in [1.165, 1.54) is 0 Å². The number of carbonyl (C=O) groups is 1. The van der Waals surface area contributed by atoms with Crippen LogP contribution < -0.4 is 10.6 Å². The molecular weight excluding hydrogens is 378 g/mol. The Kier molecular flexibility index (Phi) is 7.11. The normalized spacial score (nSPS) is 22.5. The number of carbonyl (C=O) groups excluding carboxylic acids is 1. The molecule has 2 aliphatic rings. The molecule has 1 saturated heterocycles. The number of esters is 1. The van der Waals surface area contributed by atoms with Crippen LogP contribution in [0.5, 0.6) is 0 Å². The summed E-state index contributed by atoms with van der Waals surface area (Å²) in [6, 6.07) is 10.2. The highest BCUT2D eigenvalue weighted by Gasteiger charge is 2.32. The van der Waals surface area contributed by atoms with E-state index < -0.39 is 5.97 Å². The second-order valence-corrected chi connectivity index (χ2v) is 8.09. The first kappa shape index (κ1) is 21.8. The second-order valence-electron chi connectivity index (χ2n) is 8.09. The second kappa shape index (κ2) is 9.77. The van der Waals surface area contributed by atoms with Gasteiger partial charge in [-0.15, -0.1) is 0 Å². The van der Waals surface area contributed by atoms with Crippen LogP contribution in [0.25, 0.3) is 0 Å². The van der Waals surface area contributed by atoms with Gasteiger partial charge in [-0.25, -0.2) is 9.79 Å². The quantitative estimate of drug-likeness (QED) is 0.439. The monoisotopic (exact) mass is 409 g/mol. The van der Waals surface area contributed by atoms with E-state index in [0.717, 1.165) is 37.3 Å². The zero-order valence-electron chi connectivity index (χ0n) is 18.2. The van der Waals surface area contributed by atoms with Crippen LogP contribution in [0, 0.1) is 17.2 Å². The fourth-order valence-corrected chi connectivity index (χ4v) is 3.93. The average Bonchev–Trinajstić information content (AvgIpc) is 2.73. The van der Waals surface area contributed by atoms with Crippen LogP contribution in [0.4, 0.5) is 11.4 Å². The minimum atomic E-state index is -0.602. The molecule has 0 aliphatic carbocycles. The maximum Gasteiger partial charge on any atom is 0.351 e. The van der Waals surface area contributed by atoms with Gasteiger partial charge in [0.25, 0.3) is 0 Å². The van der Waals surface area contributed by atoms with E-state index in [1.54, 1.807) is 0 Å². The molecule has 160 valence electrons. The molecule has 3 rings (SSSR count). The molecule has 2 aliphatic heterocycles. The SMILES string of the molecule is CCC(CC)COC(=O)/C(C#N)=C1\Nc2ccccc2N=C1N1CC(C)NC(C)C1. The van der Waals surface area contributed by atoms with Crippen LogP contribution in [0.1, 0.15) is 40.5 Å². The molecule has 2 N–H and O–H groups in total. The molecular formula is C23H31N5O2. The third-order valence-electron chi connectivity index (χ3n) is 5.64. The molecule has 0 spiro atoms. The standard InChI is InChI=1S/C23H31N5O2/c1-5-17(6-2)14-30-23(29)18(11-24)21-22(28-12-15(3)25-16(4)13-28)27-20-10-8-7-9-19(20)26-21/h7-10,15-17,25-26H,5-6,12-14H2,1-4H3/b21-18-. The van der Waals surface area contributed by atoms with Gasteiger partial charge in [0.1, 0.15) is 11.8 Å². The fourth-order valence-electron chi connectivity index (χ4n) is 3.93. The van der Waals surface area contributed by atoms with E-state index in [-0.39, 0.29) is 17.7 Å². The summed E-state index contributed by atoms with van der Waals surface area (Å²) in [5.41, 5.74) is 1.95. The molecule has 0 radical (unpaired) electrons. The number of piperazine rings is 1. The number of rotatable bonds is 5. The summed E-state index contributed by atoms with van der Waals surface area (Å²) in [5.74, 6) is 0.307. The number of anilines is 1. The summed E-state index contributed by atoms with van der Waals surface area (Å²) in [7, 11) is 0. The fraction of sp³-hybridized carbons (Fsp3) is 0.522. The van der Waals surface area contributed by atoms with E-state index in [1.807, 2.05) is 24.3 Å². The van der Waals surface area contributed by atoms with Gasteiger partial charge in [-0.05, 0) is 31.9 Å². The first-order chi connectivity index (χ1) is 14.5. The van der Waals surface area contributed by atoms with Crippen LogP contribution in [-0.2, 0) is 9.53 Å². The van der Waals surface area contributed by atoms with E-state index in [2.05, 4.69) is 49.3 Å². The number of hydrogen-bond acceptors (Lipinski definition) is 7. The number of amidine groups is 1. The Morgan fingerprint density at radius 1 is 1.27 bits per heavy atom. The number of nitrogens with zero attached hydrogens (tertiary/aromatic N) is 3. The number of aliphatic imine (C=N–C) groups is 1. The van der Waals surface area contributed by atoms with Gasteiger partial charge in [-0.1, -0.05) is 38.8 Å². The van der Waals surface area contributed by atoms with Crippen molar-refractivity contribution < 1.29 is 9.53 Å². The minimum absolute atomic E-state index is 0.0342. The summed E-state index contributed by atoms with van der Waals surface area (Å²) in [6.45, 7) is 10.2. The highest BCUT2D eigenvalue weighted by Crippen LogP contribution is 2.33. The maximum absolute atomic E-state index is 12.9. The number of nitriles is 1. The number of hydrogen-bond donors (Lipinski definition) is 2. The maximum atomic E-state index is 12.9. The lowest BCUT2D eigenvalue weighted by molar-refractivity contribution is -0.140. The van der Waals surface area contributed by atoms with Gasteiger partial charge in [0, 0.05) is 25.2 Å². The lowest BCUT2D eigenvalue weighted by Gasteiger charge is -2.39. The number of fused-ring (bicyclic) bond motifs is 1. The highest BCUT2D eigenvalue weighted by molar-refractivity contribution is 6.12. The van der Waals surface area contributed by atoms with Crippen molar-refractivity contribution in [1.82, 2.24) is 10.2 Å². The molecule has 0 saturated carbocycles. The zero-order chi connectivity index (χ0) is 21.7. The van der Waals surface area contributed by atoms with Gasteiger partial charge in [-0.3, -0.25) is 0 Å². The number of para-hydroxylation sites is 2. The van der Waals surface area contributed by atoms with Gasteiger partial charge in [-0.2, -0.15) is 5.26 Å². The first-order valence-corrected chi connectivity index (χ1v) is 10.7. The molecule has 7 heteroatoms. The van der Waals surface area contributed by atoms with Crippen molar-refractivity contribution in [2.45, 2.75) is 52.6 Å². The van der Waals surface area contributed by atoms with E-state index in [9.17, 15) is 10.1 Å². The number of benzene rings is 1. The summed E-state index contributed by atoms with van der Waals surface area (Å²) in [6.07, 6.45) is 1.86. The van der Waals surface area contributed by atoms with Gasteiger partial charge < -0.3 is 20.3 Å². The van der Waals surface area contributed by atoms with Crippen LogP contribution in [0.2, 0.25) is 0 Å². The minimum Gasteiger partial charge on any atom is -0.461 e. The molecule has 2 heterocycles. The third kappa shape index (κ3) is 4.82. The van der Waals surface area contributed by atoms with Crippen molar-refractivity contribution in [3.05, 3.63) is 35.5 Å². The molecule has 1 aromatic rings. The molecule has 1 fully saturated rings. The summed E-state index contributed by atoms with van der Waals surface area (Å²) in [4.78, 5) is 19.8. The third-order valence-corrected chi connectivity index (χ3v) is 5.64. The van der Waals surface area contributed by atoms with Crippen LogP contribution in [-0.4, -0.2) is 48.5 Å². The molecule has 7 nitrogen and oxygen atoms in total. The molecule has 30 heavy (non-hydrogen) atoms. The van der Waals surface area contributed by atoms with Crippen molar-refractivity contribution in [2.75, 3.05) is 25.0 Å². The zero-order valence-corrected chi connectivity index (χ0v) is 18.2. The van der Waals surface area contributed by atoms with Gasteiger partial charge in [0.15, 0.2) is 11.4 Å². The Bertz CT molecular complexity index is 872. The average molecular weight is 410 g/mol. The Morgan fingerprint density at radius 3 is 2.57 bits per heavy atom. The van der Waals surface area contributed by atoms with E-state index in [0.29, 0.717) is 24.1 Å². The van der Waals surface area contributed by atoms with Crippen LogP contribution >= 0.6 is 0 Å². The predicted molar refractivity (Wildman–Crippen MR) is 118 cm³/mol. The van der Waals surface area contributed by atoms with Crippen molar-refractivity contribution in [3.63, 3.8) is 0 Å². The highest BCUT2D eigenvalue weighted by atomic mass is 16.5. The lowest BCUT2D eigenvalue weighted by atomic mass is 10.1. The Balaban J connectivity index is 1.98. The van der Waals surface area contributed by atoms with Gasteiger partial charge in [0.05, 0.1) is 18.0 Å². The van der Waals surface area contributed by atoms with Crippen molar-refractivity contribution >= 4 is 23.2 Å².